The van der Waals surface area contributed by atoms with Crippen LogP contribution in [-0.4, -0.2) is 77.5 Å². The van der Waals surface area contributed by atoms with Gasteiger partial charge in [0.15, 0.2) is 0 Å². The summed E-state index contributed by atoms with van der Waals surface area (Å²) in [5.74, 6) is 1.36. The molecule has 4 heterocycles. The van der Waals surface area contributed by atoms with E-state index in [1.807, 2.05) is 28.9 Å². The van der Waals surface area contributed by atoms with Crippen molar-refractivity contribution in [2.75, 3.05) is 63.2 Å². The first kappa shape index (κ1) is 25.1. The second-order valence-corrected chi connectivity index (χ2v) is 9.28. The molecule has 0 unspecified atom stereocenters. The minimum absolute atomic E-state index is 0.273. The molecule has 0 atom stereocenters. The van der Waals surface area contributed by atoms with Crippen molar-refractivity contribution in [3.63, 3.8) is 0 Å². The topological polar surface area (TPSA) is 70.8 Å². The van der Waals surface area contributed by atoms with Crippen LogP contribution in [0.3, 0.4) is 0 Å². The summed E-state index contributed by atoms with van der Waals surface area (Å²) in [6.45, 7) is 8.32. The molecule has 1 aromatic carbocycles. The van der Waals surface area contributed by atoms with Crippen molar-refractivity contribution in [1.82, 2.24) is 24.5 Å². The highest BCUT2D eigenvalue weighted by molar-refractivity contribution is 5.91. The number of methoxy groups -OCH3 is 1. The maximum Gasteiger partial charge on any atom is 0.225 e. The smallest absolute Gasteiger partial charge is 0.225 e. The third-order valence-corrected chi connectivity index (χ3v) is 6.78. The molecule has 3 aromatic heterocycles. The van der Waals surface area contributed by atoms with Crippen LogP contribution in [0.15, 0.2) is 54.7 Å². The summed E-state index contributed by atoms with van der Waals surface area (Å²) in [6.07, 6.45) is 4.00. The minimum Gasteiger partial charge on any atom is -0.383 e. The van der Waals surface area contributed by atoms with Gasteiger partial charge in [0.1, 0.15) is 17.3 Å². The summed E-state index contributed by atoms with van der Waals surface area (Å²) in [5, 5.41) is 8.50. The molecule has 1 N–H and O–H groups in total. The first-order valence-corrected chi connectivity index (χ1v) is 13.0. The van der Waals surface area contributed by atoms with E-state index in [1.165, 1.54) is 12.1 Å². The zero-order valence-electron chi connectivity index (χ0n) is 21.5. The molecule has 37 heavy (non-hydrogen) atoms. The van der Waals surface area contributed by atoms with E-state index in [0.29, 0.717) is 5.95 Å². The number of aromatic nitrogens is 4. The zero-order chi connectivity index (χ0) is 25.6. The first-order valence-electron chi connectivity index (χ1n) is 13.0. The Morgan fingerprint density at radius 2 is 1.84 bits per heavy atom. The van der Waals surface area contributed by atoms with Crippen molar-refractivity contribution < 1.29 is 9.13 Å². The zero-order valence-corrected chi connectivity index (χ0v) is 21.5. The highest BCUT2D eigenvalue weighted by Crippen LogP contribution is 2.36. The van der Waals surface area contributed by atoms with E-state index in [9.17, 15) is 4.39 Å². The predicted octanol–water partition coefficient (Wildman–Crippen LogP) is 4.58. The molecule has 0 spiro atoms. The number of hydrogen-bond donors (Lipinski definition) is 1. The lowest BCUT2D eigenvalue weighted by Gasteiger charge is -2.34. The predicted molar refractivity (Wildman–Crippen MR) is 146 cm³/mol. The first-order chi connectivity index (χ1) is 18.2. The molecule has 1 aliphatic heterocycles. The Balaban J connectivity index is 1.53. The van der Waals surface area contributed by atoms with E-state index in [0.717, 1.165) is 92.6 Å². The Morgan fingerprint density at radius 1 is 1.03 bits per heavy atom. The molecule has 0 saturated carbocycles. The number of halogens is 1. The fourth-order valence-electron chi connectivity index (χ4n) is 4.69. The molecule has 0 bridgehead atoms. The minimum atomic E-state index is -0.273. The summed E-state index contributed by atoms with van der Waals surface area (Å²) in [5.41, 5.74) is 4.25. The van der Waals surface area contributed by atoms with E-state index in [1.54, 1.807) is 19.2 Å². The summed E-state index contributed by atoms with van der Waals surface area (Å²) in [6, 6.07) is 14.5. The fourth-order valence-corrected chi connectivity index (χ4v) is 4.69. The van der Waals surface area contributed by atoms with Gasteiger partial charge in [0.25, 0.3) is 0 Å². The number of piperazine rings is 1. The fraction of sp³-hybridized carbons (Fsp3) is 0.393. The molecular formula is C28H34FN7O. The van der Waals surface area contributed by atoms with Gasteiger partial charge in [-0.15, -0.1) is 0 Å². The monoisotopic (exact) mass is 503 g/mol. The number of pyridine rings is 1. The highest BCUT2D eigenvalue weighted by atomic mass is 19.1. The van der Waals surface area contributed by atoms with Gasteiger partial charge in [-0.05, 0) is 48.9 Å². The molecule has 8 nitrogen and oxygen atoms in total. The van der Waals surface area contributed by atoms with Crippen LogP contribution in [0.2, 0.25) is 0 Å². The molecule has 1 aliphatic rings. The second kappa shape index (κ2) is 11.7. The number of nitrogens with zero attached hydrogens (tertiary/aromatic N) is 6. The van der Waals surface area contributed by atoms with Gasteiger partial charge in [0.05, 0.1) is 23.4 Å². The molecule has 9 heteroatoms. The third kappa shape index (κ3) is 5.57. The molecule has 4 aromatic rings. The van der Waals surface area contributed by atoms with Crippen molar-refractivity contribution in [2.45, 2.75) is 19.8 Å². The number of nitrogens with one attached hydrogen (secondary N) is 1. The number of unbranched alkanes of at least 4 members (excludes halogenated alkanes) is 1. The number of anilines is 2. The van der Waals surface area contributed by atoms with Crippen molar-refractivity contribution >= 4 is 17.3 Å². The Bertz CT molecular complexity index is 1320. The summed E-state index contributed by atoms with van der Waals surface area (Å²) in [7, 11) is 1.74. The Labute approximate surface area is 217 Å². The van der Waals surface area contributed by atoms with Crippen LogP contribution in [0.4, 0.5) is 16.2 Å². The summed E-state index contributed by atoms with van der Waals surface area (Å²) < 4.78 is 20.9. The van der Waals surface area contributed by atoms with Crippen molar-refractivity contribution in [3.8, 4) is 22.5 Å². The Kier molecular flexibility index (Phi) is 7.91. The number of hydrogen-bond acceptors (Lipinski definition) is 7. The van der Waals surface area contributed by atoms with E-state index in [-0.39, 0.29) is 5.82 Å². The molecule has 0 aliphatic carbocycles. The standard InChI is InChI=1S/C28H34FN7O/c1-3-4-13-30-25-7-5-6-24-26(27(33-36(24)25)21-8-10-22(29)11-9-21)23-12-14-31-28(32-23)35-17-15-34(16-18-35)19-20-37-2/h5-12,14,30H,3-4,13,15-20H2,1-2H3. The van der Waals surface area contributed by atoms with Gasteiger partial charge < -0.3 is 15.0 Å². The van der Waals surface area contributed by atoms with Gasteiger partial charge in [-0.1, -0.05) is 19.4 Å². The molecule has 194 valence electrons. The largest absolute Gasteiger partial charge is 0.383 e. The third-order valence-electron chi connectivity index (χ3n) is 6.78. The summed E-state index contributed by atoms with van der Waals surface area (Å²) in [4.78, 5) is 14.2. The van der Waals surface area contributed by atoms with Gasteiger partial charge >= 0.3 is 0 Å². The van der Waals surface area contributed by atoms with E-state index < -0.39 is 0 Å². The number of benzene rings is 1. The van der Waals surface area contributed by atoms with Crippen molar-refractivity contribution in [2.24, 2.45) is 0 Å². The molecule has 0 amide bonds. The normalized spacial score (nSPS) is 14.4. The molecule has 1 fully saturated rings. The van der Waals surface area contributed by atoms with Crippen LogP contribution < -0.4 is 10.2 Å². The van der Waals surface area contributed by atoms with Crippen LogP contribution in [-0.2, 0) is 4.74 Å². The lowest BCUT2D eigenvalue weighted by Crippen LogP contribution is -2.47. The van der Waals surface area contributed by atoms with Gasteiger partial charge in [0.2, 0.25) is 5.95 Å². The Morgan fingerprint density at radius 3 is 2.59 bits per heavy atom. The maximum atomic E-state index is 13.8. The lowest BCUT2D eigenvalue weighted by molar-refractivity contribution is 0.143. The van der Waals surface area contributed by atoms with Crippen LogP contribution >= 0.6 is 0 Å². The van der Waals surface area contributed by atoms with E-state index in [4.69, 9.17) is 14.8 Å². The van der Waals surface area contributed by atoms with Crippen LogP contribution in [0.5, 0.6) is 0 Å². The van der Waals surface area contributed by atoms with Gasteiger partial charge in [-0.25, -0.2) is 18.9 Å². The summed E-state index contributed by atoms with van der Waals surface area (Å²) >= 11 is 0. The second-order valence-electron chi connectivity index (χ2n) is 9.28. The Hall–Kier alpha value is -3.56. The lowest BCUT2D eigenvalue weighted by atomic mass is 10.0. The van der Waals surface area contributed by atoms with E-state index >= 15 is 0 Å². The van der Waals surface area contributed by atoms with Crippen LogP contribution in [0.1, 0.15) is 19.8 Å². The average molecular weight is 504 g/mol. The number of ether oxygens (including phenoxy) is 1. The highest BCUT2D eigenvalue weighted by Gasteiger charge is 2.22. The van der Waals surface area contributed by atoms with Crippen molar-refractivity contribution in [1.29, 1.82) is 0 Å². The SMILES string of the molecule is CCCCNc1cccc2c(-c3ccnc(N4CCN(CCOC)CC4)n3)c(-c3ccc(F)cc3)nn12. The molecule has 5 rings (SSSR count). The quantitative estimate of drug-likeness (QED) is 0.318. The van der Waals surface area contributed by atoms with Crippen molar-refractivity contribution in [3.05, 3.63) is 60.5 Å². The molecule has 0 radical (unpaired) electrons. The molecular weight excluding hydrogens is 469 g/mol. The van der Waals surface area contributed by atoms with E-state index in [2.05, 4.69) is 33.1 Å². The van der Waals surface area contributed by atoms with Gasteiger partial charge in [-0.3, -0.25) is 4.90 Å². The van der Waals surface area contributed by atoms with Crippen LogP contribution in [0.25, 0.3) is 28.0 Å². The number of fused-ring (bicyclic) bond motifs is 1. The molecule has 1 saturated heterocycles. The van der Waals surface area contributed by atoms with Crippen LogP contribution in [0, 0.1) is 5.82 Å². The maximum absolute atomic E-state index is 13.8. The number of rotatable bonds is 10. The van der Waals surface area contributed by atoms with Gasteiger partial charge in [0, 0.05) is 58.1 Å². The van der Waals surface area contributed by atoms with Gasteiger partial charge in [-0.2, -0.15) is 5.10 Å². The average Bonchev–Trinajstić information content (AvgIpc) is 3.33.